The number of carbonyl (C=O) groups is 7. The summed E-state index contributed by atoms with van der Waals surface area (Å²) in [4.78, 5) is 104. The molecule has 6 amide bonds. The fourth-order valence-corrected chi connectivity index (χ4v) is 3.70. The van der Waals surface area contributed by atoms with E-state index >= 15 is 0 Å². The topological polar surface area (TPSA) is 365 Å². The number of phosphoric ester groups is 1. The minimum absolute atomic E-state index is 0.639. The third-order valence-electron chi connectivity index (χ3n) is 5.70. The third-order valence-corrected chi connectivity index (χ3v) is 6.31. The molecule has 0 aliphatic heterocycles. The van der Waals surface area contributed by atoms with E-state index in [1.807, 2.05) is 16.0 Å². The molecule has 0 aliphatic carbocycles. The van der Waals surface area contributed by atoms with Gasteiger partial charge in [0.05, 0.1) is 32.0 Å². The van der Waals surface area contributed by atoms with Crippen LogP contribution in [0.1, 0.15) is 27.7 Å². The second-order valence-electron chi connectivity index (χ2n) is 9.61. The minimum atomic E-state index is -5.27. The van der Waals surface area contributed by atoms with Crippen molar-refractivity contribution in [3.63, 3.8) is 0 Å². The van der Waals surface area contributed by atoms with E-state index in [1.54, 1.807) is 0 Å². The lowest BCUT2D eigenvalue weighted by Crippen LogP contribution is -2.62. The number of aliphatic carboxylic acids is 1. The average molecular weight is 674 g/mol. The van der Waals surface area contributed by atoms with Crippen LogP contribution in [0.5, 0.6) is 0 Å². The van der Waals surface area contributed by atoms with Crippen LogP contribution in [0, 0.1) is 0 Å². The lowest BCUT2D eigenvalue weighted by molar-refractivity contribution is -0.144. The molecule has 8 atom stereocenters. The van der Waals surface area contributed by atoms with E-state index in [1.165, 1.54) is 20.8 Å². The normalized spacial score (nSPS) is 16.7. The molecule has 0 aliphatic rings. The molecule has 0 saturated heterocycles. The number of nitrogens with one attached hydrogen (secondary N) is 6. The van der Waals surface area contributed by atoms with Crippen LogP contribution < -0.4 is 37.6 Å². The molecule has 22 nitrogen and oxygen atoms in total. The van der Waals surface area contributed by atoms with E-state index in [9.17, 15) is 48.3 Å². The zero-order chi connectivity index (χ0) is 35.2. The Balaban J connectivity index is 5.59. The van der Waals surface area contributed by atoms with Crippen LogP contribution in [0.25, 0.3) is 0 Å². The van der Waals surface area contributed by atoms with Gasteiger partial charge in [0.25, 0.3) is 0 Å². The number of amides is 6. The summed E-state index contributed by atoms with van der Waals surface area (Å²) in [6.45, 7) is 1.51. The number of aliphatic hydroxyl groups excluding tert-OH is 3. The van der Waals surface area contributed by atoms with Crippen molar-refractivity contribution in [2.45, 2.75) is 76.1 Å². The first-order chi connectivity index (χ1) is 20.7. The molecule has 0 aromatic carbocycles. The fraction of sp³-hybridized carbons (Fsp3) is 0.682. The average Bonchev–Trinajstić information content (AvgIpc) is 2.93. The highest BCUT2D eigenvalue weighted by molar-refractivity contribution is 7.46. The highest BCUT2D eigenvalue weighted by Gasteiger charge is 2.36. The Morgan fingerprint density at radius 3 is 1.40 bits per heavy atom. The van der Waals surface area contributed by atoms with Gasteiger partial charge in [-0.25, -0.2) is 9.36 Å². The van der Waals surface area contributed by atoms with Crippen LogP contribution in [-0.2, 0) is 42.7 Å². The highest BCUT2D eigenvalue weighted by atomic mass is 31.2. The molecule has 0 bridgehead atoms. The first-order valence-electron chi connectivity index (χ1n) is 13.1. The largest absolute Gasteiger partial charge is 0.480 e. The van der Waals surface area contributed by atoms with Gasteiger partial charge in [0.1, 0.15) is 36.3 Å². The zero-order valence-electron chi connectivity index (χ0n) is 24.6. The first kappa shape index (κ1) is 41.2. The molecule has 258 valence electrons. The Bertz CT molecular complexity index is 1130. The van der Waals surface area contributed by atoms with Crippen molar-refractivity contribution in [3.8, 4) is 0 Å². The molecule has 0 aromatic rings. The standard InChI is InChI=1S/C22H40N7O15P/c1-8(23)16(33)24-9(2)17(34)25-10(3)18(35)26-12(5-30)19(36)27-13(6-31)20(37)29-15(11(4)44-45(41,42)43)21(38)28-14(7-32)22(39)40/h8-15,30-32H,5-7,23H2,1-4H3,(H,24,33)(H,25,34)(H,26,35)(H,27,36)(H,28,38)(H,29,37)(H,39,40)(H2,41,42,43)/t8-,9-,10-,11+,12-,13-,14-,15-/m0/s1. The molecule has 14 N–H and O–H groups in total. The van der Waals surface area contributed by atoms with Gasteiger partial charge in [-0.3, -0.25) is 33.3 Å². The molecular formula is C22H40N7O15P. The quantitative estimate of drug-likeness (QED) is 0.0566. The number of aliphatic hydroxyl groups is 3. The van der Waals surface area contributed by atoms with E-state index in [0.29, 0.717) is 0 Å². The number of carbonyl (C=O) groups excluding carboxylic acids is 6. The molecule has 0 unspecified atom stereocenters. The molecule has 0 aromatic heterocycles. The Morgan fingerprint density at radius 1 is 0.622 bits per heavy atom. The summed E-state index contributed by atoms with van der Waals surface area (Å²) in [6.07, 6.45) is -1.84. The second-order valence-corrected chi connectivity index (χ2v) is 10.8. The summed E-state index contributed by atoms with van der Waals surface area (Å²) in [5, 5.41) is 49.8. The van der Waals surface area contributed by atoms with Crippen molar-refractivity contribution in [1.82, 2.24) is 31.9 Å². The molecule has 45 heavy (non-hydrogen) atoms. The predicted molar refractivity (Wildman–Crippen MR) is 148 cm³/mol. The molecule has 0 rings (SSSR count). The lowest BCUT2D eigenvalue weighted by Gasteiger charge is -2.28. The summed E-state index contributed by atoms with van der Waals surface area (Å²) < 4.78 is 15.7. The molecule has 0 saturated carbocycles. The summed E-state index contributed by atoms with van der Waals surface area (Å²) >= 11 is 0. The van der Waals surface area contributed by atoms with E-state index in [2.05, 4.69) is 20.5 Å². The monoisotopic (exact) mass is 673 g/mol. The molecule has 0 spiro atoms. The number of phosphoric acid groups is 1. The van der Waals surface area contributed by atoms with E-state index in [-0.39, 0.29) is 0 Å². The van der Waals surface area contributed by atoms with Crippen molar-refractivity contribution in [2.24, 2.45) is 5.73 Å². The van der Waals surface area contributed by atoms with Crippen molar-refractivity contribution in [3.05, 3.63) is 0 Å². The van der Waals surface area contributed by atoms with E-state index < -0.39 is 117 Å². The number of hydrogen-bond acceptors (Lipinski definition) is 13. The fourth-order valence-electron chi connectivity index (χ4n) is 3.15. The van der Waals surface area contributed by atoms with Gasteiger partial charge in [0, 0.05) is 0 Å². The maximum absolute atomic E-state index is 12.8. The lowest BCUT2D eigenvalue weighted by atomic mass is 10.1. The van der Waals surface area contributed by atoms with Crippen LogP contribution in [0.3, 0.4) is 0 Å². The number of nitrogens with two attached hydrogens (primary N) is 1. The number of carboxylic acids is 1. The maximum Gasteiger partial charge on any atom is 0.469 e. The van der Waals surface area contributed by atoms with Crippen LogP contribution in [0.2, 0.25) is 0 Å². The van der Waals surface area contributed by atoms with E-state index in [4.69, 9.17) is 25.7 Å². The zero-order valence-corrected chi connectivity index (χ0v) is 25.5. The van der Waals surface area contributed by atoms with Gasteiger partial charge in [-0.2, -0.15) is 0 Å². The first-order valence-corrected chi connectivity index (χ1v) is 14.6. The number of rotatable bonds is 19. The second kappa shape index (κ2) is 18.9. The van der Waals surface area contributed by atoms with Crippen LogP contribution in [0.15, 0.2) is 0 Å². The van der Waals surface area contributed by atoms with Gasteiger partial charge < -0.3 is 67.8 Å². The summed E-state index contributed by atoms with van der Waals surface area (Å²) in [6, 6.07) is -10.9. The van der Waals surface area contributed by atoms with Gasteiger partial charge in [-0.1, -0.05) is 0 Å². The molecular weight excluding hydrogens is 633 g/mol. The third kappa shape index (κ3) is 14.7. The van der Waals surface area contributed by atoms with Crippen LogP contribution in [0.4, 0.5) is 0 Å². The molecule has 0 fully saturated rings. The van der Waals surface area contributed by atoms with Gasteiger partial charge >= 0.3 is 13.8 Å². The maximum atomic E-state index is 12.8. The smallest absolute Gasteiger partial charge is 0.469 e. The highest BCUT2D eigenvalue weighted by Crippen LogP contribution is 2.38. The van der Waals surface area contributed by atoms with Crippen molar-refractivity contribution in [2.75, 3.05) is 19.8 Å². The Kier molecular flexibility index (Phi) is 17.3. The van der Waals surface area contributed by atoms with Gasteiger partial charge in [-0.15, -0.1) is 0 Å². The Morgan fingerprint density at radius 2 is 1.00 bits per heavy atom. The van der Waals surface area contributed by atoms with Gasteiger partial charge in [-0.05, 0) is 27.7 Å². The number of hydrogen-bond donors (Lipinski definition) is 13. The predicted octanol–water partition coefficient (Wildman–Crippen LogP) is -7.16. The van der Waals surface area contributed by atoms with Crippen LogP contribution >= 0.6 is 7.82 Å². The van der Waals surface area contributed by atoms with Gasteiger partial charge in [0.2, 0.25) is 35.4 Å². The minimum Gasteiger partial charge on any atom is -0.480 e. The van der Waals surface area contributed by atoms with Crippen LogP contribution in [-0.4, -0.2) is 140 Å². The summed E-state index contributed by atoms with van der Waals surface area (Å²) in [7, 11) is -5.27. The molecule has 0 radical (unpaired) electrons. The SMILES string of the molecule is C[C@H](N)C(=O)N[C@@H](C)C(=O)N[C@@H](C)C(=O)N[C@@H](CO)C(=O)N[C@@H](CO)C(=O)N[C@H](C(=O)N[C@@H](CO)C(=O)O)[C@@H](C)OP(=O)(O)O. The molecule has 23 heteroatoms. The number of carboxylic acid groups (broad SMARTS) is 1. The summed E-state index contributed by atoms with van der Waals surface area (Å²) in [5.41, 5.74) is 5.41. The van der Waals surface area contributed by atoms with Crippen molar-refractivity contribution >= 4 is 49.2 Å². The van der Waals surface area contributed by atoms with Crippen molar-refractivity contribution < 1.29 is 72.9 Å². The van der Waals surface area contributed by atoms with Gasteiger partial charge in [0.15, 0.2) is 0 Å². The summed E-state index contributed by atoms with van der Waals surface area (Å²) in [5.74, 6) is -8.13. The van der Waals surface area contributed by atoms with Crippen molar-refractivity contribution in [1.29, 1.82) is 0 Å². The Hall–Kier alpha value is -3.76. The van der Waals surface area contributed by atoms with E-state index in [0.717, 1.165) is 6.92 Å². The Labute approximate surface area is 256 Å². The molecule has 0 heterocycles.